The maximum Gasteiger partial charge on any atom is 0.149 e. The SMILES string of the molecule is Clc1ccc(-n2c(-c3cn(-c4ccccc4)nc3-c3ccccc3)nc(-c3ccccc3)c2-c2ccccc2)cc1. The molecule has 5 aromatic carbocycles. The zero-order valence-electron chi connectivity index (χ0n) is 22.1. The molecule has 2 heterocycles. The van der Waals surface area contributed by atoms with Gasteiger partial charge < -0.3 is 0 Å². The van der Waals surface area contributed by atoms with Crippen molar-refractivity contribution in [1.82, 2.24) is 19.3 Å². The summed E-state index contributed by atoms with van der Waals surface area (Å²) in [6, 6.07) is 49.1. The van der Waals surface area contributed by atoms with E-state index in [2.05, 4.69) is 71.4 Å². The van der Waals surface area contributed by atoms with Crippen molar-refractivity contribution >= 4 is 11.6 Å². The molecule has 41 heavy (non-hydrogen) atoms. The molecule has 0 amide bonds. The Balaban J connectivity index is 1.58. The van der Waals surface area contributed by atoms with Crippen LogP contribution in [0.25, 0.3) is 56.5 Å². The minimum absolute atomic E-state index is 0.682. The Morgan fingerprint density at radius 3 is 1.59 bits per heavy atom. The van der Waals surface area contributed by atoms with Crippen molar-refractivity contribution in [3.8, 4) is 56.5 Å². The molecule has 7 aromatic rings. The first-order valence-corrected chi connectivity index (χ1v) is 13.8. The van der Waals surface area contributed by atoms with Gasteiger partial charge in [0.15, 0.2) is 0 Å². The molecule has 4 nitrogen and oxygen atoms in total. The summed E-state index contributed by atoms with van der Waals surface area (Å²) in [5.74, 6) is 0.797. The number of hydrogen-bond donors (Lipinski definition) is 0. The summed E-state index contributed by atoms with van der Waals surface area (Å²) in [7, 11) is 0. The highest BCUT2D eigenvalue weighted by Gasteiger charge is 2.26. The number of aromatic nitrogens is 4. The number of halogens is 1. The Hall–Kier alpha value is -5.19. The van der Waals surface area contributed by atoms with Crippen LogP contribution in [0, 0.1) is 0 Å². The lowest BCUT2D eigenvalue weighted by molar-refractivity contribution is 0.884. The van der Waals surface area contributed by atoms with E-state index in [1.807, 2.05) is 89.6 Å². The average Bonchev–Trinajstić information content (AvgIpc) is 3.66. The summed E-state index contributed by atoms with van der Waals surface area (Å²) in [5, 5.41) is 5.78. The van der Waals surface area contributed by atoms with Gasteiger partial charge in [-0.05, 0) is 36.4 Å². The molecule has 0 N–H and O–H groups in total. The van der Waals surface area contributed by atoms with Crippen LogP contribution in [-0.2, 0) is 0 Å². The highest BCUT2D eigenvalue weighted by molar-refractivity contribution is 6.30. The first kappa shape index (κ1) is 24.8. The van der Waals surface area contributed by atoms with Crippen LogP contribution in [0.3, 0.4) is 0 Å². The monoisotopic (exact) mass is 548 g/mol. The number of hydrogen-bond acceptors (Lipinski definition) is 2. The van der Waals surface area contributed by atoms with E-state index in [-0.39, 0.29) is 0 Å². The smallest absolute Gasteiger partial charge is 0.149 e. The van der Waals surface area contributed by atoms with E-state index < -0.39 is 0 Å². The summed E-state index contributed by atoms with van der Waals surface area (Å²) in [4.78, 5) is 5.40. The van der Waals surface area contributed by atoms with Crippen LogP contribution >= 0.6 is 11.6 Å². The van der Waals surface area contributed by atoms with Crippen LogP contribution in [0.4, 0.5) is 0 Å². The number of para-hydroxylation sites is 1. The molecule has 5 heteroatoms. The number of imidazole rings is 1. The molecule has 0 unspecified atom stereocenters. The normalized spacial score (nSPS) is 11.0. The molecule has 196 valence electrons. The second kappa shape index (κ2) is 10.8. The van der Waals surface area contributed by atoms with Crippen molar-refractivity contribution in [3.63, 3.8) is 0 Å². The topological polar surface area (TPSA) is 35.6 Å². The lowest BCUT2D eigenvalue weighted by Gasteiger charge is -2.14. The molecular formula is C36H25ClN4. The zero-order chi connectivity index (χ0) is 27.6. The molecule has 0 saturated heterocycles. The zero-order valence-corrected chi connectivity index (χ0v) is 22.9. The molecule has 0 spiro atoms. The standard InChI is InChI=1S/C36H25ClN4/c37-29-21-23-31(24-22-29)41-35(28-17-9-3-10-18-28)34(27-15-7-2-8-16-27)38-36(41)32-25-40(30-19-11-4-12-20-30)39-33(32)26-13-5-1-6-14-26/h1-25H. The van der Waals surface area contributed by atoms with Crippen LogP contribution in [0.1, 0.15) is 0 Å². The second-order valence-electron chi connectivity index (χ2n) is 9.71. The maximum absolute atomic E-state index is 6.35. The van der Waals surface area contributed by atoms with E-state index in [0.29, 0.717) is 5.02 Å². The van der Waals surface area contributed by atoms with Gasteiger partial charge in [0.1, 0.15) is 11.5 Å². The maximum atomic E-state index is 6.35. The Bertz CT molecular complexity index is 1910. The average molecular weight is 549 g/mol. The molecule has 0 saturated carbocycles. The van der Waals surface area contributed by atoms with Crippen molar-refractivity contribution < 1.29 is 0 Å². The molecule has 0 aliphatic heterocycles. The predicted molar refractivity (Wildman–Crippen MR) is 167 cm³/mol. The van der Waals surface area contributed by atoms with E-state index in [1.54, 1.807) is 0 Å². The Kier molecular flexibility index (Phi) is 6.51. The van der Waals surface area contributed by atoms with Crippen LogP contribution < -0.4 is 0 Å². The van der Waals surface area contributed by atoms with Crippen molar-refractivity contribution in [2.45, 2.75) is 0 Å². The molecule has 0 radical (unpaired) electrons. The molecule has 0 aliphatic carbocycles. The van der Waals surface area contributed by atoms with Crippen molar-refractivity contribution in [3.05, 3.63) is 157 Å². The third-order valence-electron chi connectivity index (χ3n) is 7.08. The molecule has 7 rings (SSSR count). The van der Waals surface area contributed by atoms with E-state index in [9.17, 15) is 0 Å². The van der Waals surface area contributed by atoms with Crippen LogP contribution in [0.5, 0.6) is 0 Å². The molecule has 2 aromatic heterocycles. The fourth-order valence-electron chi connectivity index (χ4n) is 5.16. The third kappa shape index (κ3) is 4.75. The van der Waals surface area contributed by atoms with E-state index in [1.165, 1.54) is 0 Å². The minimum Gasteiger partial charge on any atom is -0.292 e. The minimum atomic E-state index is 0.682. The summed E-state index contributed by atoms with van der Waals surface area (Å²) < 4.78 is 4.16. The Morgan fingerprint density at radius 1 is 0.488 bits per heavy atom. The van der Waals surface area contributed by atoms with E-state index in [0.717, 1.165) is 56.5 Å². The highest BCUT2D eigenvalue weighted by Crippen LogP contribution is 2.41. The van der Waals surface area contributed by atoms with Gasteiger partial charge in [0.05, 0.1) is 22.6 Å². The van der Waals surface area contributed by atoms with Gasteiger partial charge in [-0.2, -0.15) is 5.10 Å². The molecule has 0 fully saturated rings. The number of benzene rings is 5. The summed E-state index contributed by atoms with van der Waals surface area (Å²) in [5.41, 5.74) is 8.74. The lowest BCUT2D eigenvalue weighted by atomic mass is 10.0. The van der Waals surface area contributed by atoms with E-state index in [4.69, 9.17) is 21.7 Å². The summed E-state index contributed by atoms with van der Waals surface area (Å²) in [6.07, 6.45) is 2.08. The molecule has 0 atom stereocenters. The Labute approximate surface area is 243 Å². The van der Waals surface area contributed by atoms with Crippen molar-refractivity contribution in [2.75, 3.05) is 0 Å². The third-order valence-corrected chi connectivity index (χ3v) is 7.33. The highest BCUT2D eigenvalue weighted by atomic mass is 35.5. The van der Waals surface area contributed by atoms with Gasteiger partial charge in [0.2, 0.25) is 0 Å². The lowest BCUT2D eigenvalue weighted by Crippen LogP contribution is -2.00. The van der Waals surface area contributed by atoms with Crippen molar-refractivity contribution in [1.29, 1.82) is 0 Å². The first-order valence-electron chi connectivity index (χ1n) is 13.5. The van der Waals surface area contributed by atoms with Crippen molar-refractivity contribution in [2.24, 2.45) is 0 Å². The van der Waals surface area contributed by atoms with Gasteiger partial charge in [-0.15, -0.1) is 0 Å². The van der Waals surface area contributed by atoms with Gasteiger partial charge >= 0.3 is 0 Å². The molecule has 0 bridgehead atoms. The Morgan fingerprint density at radius 2 is 1.00 bits per heavy atom. The number of nitrogens with zero attached hydrogens (tertiary/aromatic N) is 4. The first-order chi connectivity index (χ1) is 20.3. The quantitative estimate of drug-likeness (QED) is 0.207. The van der Waals surface area contributed by atoms with Gasteiger partial charge in [-0.25, -0.2) is 9.67 Å². The van der Waals surface area contributed by atoms with Crippen LogP contribution in [-0.4, -0.2) is 19.3 Å². The van der Waals surface area contributed by atoms with Gasteiger partial charge in [-0.3, -0.25) is 4.57 Å². The predicted octanol–water partition coefficient (Wildman–Crippen LogP) is 9.38. The van der Waals surface area contributed by atoms with Gasteiger partial charge in [-0.1, -0.05) is 121 Å². The fourth-order valence-corrected chi connectivity index (χ4v) is 5.29. The summed E-state index contributed by atoms with van der Waals surface area (Å²) >= 11 is 6.35. The van der Waals surface area contributed by atoms with Crippen LogP contribution in [0.15, 0.2) is 152 Å². The van der Waals surface area contributed by atoms with E-state index >= 15 is 0 Å². The largest absolute Gasteiger partial charge is 0.292 e. The van der Waals surface area contributed by atoms with Gasteiger partial charge in [0.25, 0.3) is 0 Å². The summed E-state index contributed by atoms with van der Waals surface area (Å²) in [6.45, 7) is 0. The van der Waals surface area contributed by atoms with Gasteiger partial charge in [0, 0.05) is 33.6 Å². The second-order valence-corrected chi connectivity index (χ2v) is 10.2. The van der Waals surface area contributed by atoms with Crippen LogP contribution in [0.2, 0.25) is 5.02 Å². The molecule has 0 aliphatic rings. The number of rotatable bonds is 6. The molecular weight excluding hydrogens is 524 g/mol. The fraction of sp³-hybridized carbons (Fsp3) is 0.